The van der Waals surface area contributed by atoms with Gasteiger partial charge in [0.1, 0.15) is 11.9 Å². The van der Waals surface area contributed by atoms with Gasteiger partial charge in [-0.05, 0) is 12.1 Å². The summed E-state index contributed by atoms with van der Waals surface area (Å²) in [6.45, 7) is 0. The van der Waals surface area contributed by atoms with E-state index in [1.165, 1.54) is 0 Å². The van der Waals surface area contributed by atoms with E-state index in [1.807, 2.05) is 0 Å². The minimum absolute atomic E-state index is 0.276. The Hall–Kier alpha value is -1.90. The number of aldehydes is 2. The van der Waals surface area contributed by atoms with E-state index >= 15 is 0 Å². The molecule has 0 aliphatic carbocycles. The molecular weight excluding hydrogens is 168 g/mol. The number of hydrogen-bond acceptors (Lipinski definition) is 3. The predicted molar refractivity (Wildman–Crippen MR) is 47.0 cm³/mol. The highest BCUT2D eigenvalue weighted by atomic mass is 16.3. The van der Waals surface area contributed by atoms with Crippen LogP contribution in [0.25, 0.3) is 11.0 Å². The zero-order chi connectivity index (χ0) is 9.26. The van der Waals surface area contributed by atoms with Crippen LogP contribution in [0.5, 0.6) is 0 Å². The van der Waals surface area contributed by atoms with E-state index in [1.54, 1.807) is 24.3 Å². The molecule has 0 radical (unpaired) electrons. The average Bonchev–Trinajstić information content (AvgIpc) is 2.58. The summed E-state index contributed by atoms with van der Waals surface area (Å²) in [5.41, 5.74) is 1.10. The van der Waals surface area contributed by atoms with Gasteiger partial charge in [0.15, 0.2) is 12.0 Å². The molecule has 64 valence electrons. The van der Waals surface area contributed by atoms with Gasteiger partial charge in [0.2, 0.25) is 0 Å². The molecule has 0 bridgehead atoms. The number of furan rings is 1. The van der Waals surface area contributed by atoms with Crippen molar-refractivity contribution >= 4 is 23.5 Å². The van der Waals surface area contributed by atoms with Crippen molar-refractivity contribution in [1.29, 1.82) is 0 Å². The van der Waals surface area contributed by atoms with Crippen molar-refractivity contribution in [3.63, 3.8) is 0 Å². The fourth-order valence-electron chi connectivity index (χ4n) is 1.20. The third kappa shape index (κ3) is 1.24. The first-order valence-electron chi connectivity index (χ1n) is 3.77. The van der Waals surface area contributed by atoms with Gasteiger partial charge in [-0.3, -0.25) is 9.59 Å². The Morgan fingerprint density at radius 3 is 2.62 bits per heavy atom. The lowest BCUT2D eigenvalue weighted by molar-refractivity contribution is 0.110. The first kappa shape index (κ1) is 7.73. The van der Waals surface area contributed by atoms with Crippen LogP contribution < -0.4 is 0 Å². The maximum Gasteiger partial charge on any atom is 0.185 e. The number of fused-ring (bicyclic) bond motifs is 1. The molecule has 2 aromatic rings. The Morgan fingerprint density at radius 1 is 1.08 bits per heavy atom. The zero-order valence-electron chi connectivity index (χ0n) is 6.69. The highest BCUT2D eigenvalue weighted by Crippen LogP contribution is 2.18. The van der Waals surface area contributed by atoms with Crippen molar-refractivity contribution in [3.8, 4) is 0 Å². The van der Waals surface area contributed by atoms with Gasteiger partial charge in [-0.25, -0.2) is 0 Å². The van der Waals surface area contributed by atoms with Gasteiger partial charge in [-0.2, -0.15) is 0 Å². The third-order valence-corrected chi connectivity index (χ3v) is 1.82. The standard InChI is InChI=1S/C10H6O3/c11-5-7-1-2-8-4-9(6-12)13-10(8)3-7/h1-6H. The molecule has 1 aromatic heterocycles. The fraction of sp³-hybridized carbons (Fsp3) is 0. The van der Waals surface area contributed by atoms with Gasteiger partial charge in [0, 0.05) is 10.9 Å². The molecule has 0 unspecified atom stereocenters. The van der Waals surface area contributed by atoms with E-state index in [2.05, 4.69) is 0 Å². The molecule has 0 fully saturated rings. The van der Waals surface area contributed by atoms with Gasteiger partial charge in [-0.15, -0.1) is 0 Å². The largest absolute Gasteiger partial charge is 0.453 e. The van der Waals surface area contributed by atoms with Gasteiger partial charge in [0.25, 0.3) is 0 Å². The molecule has 13 heavy (non-hydrogen) atoms. The summed E-state index contributed by atoms with van der Waals surface area (Å²) in [5.74, 6) is 0.276. The van der Waals surface area contributed by atoms with Crippen LogP contribution in [0.1, 0.15) is 20.9 Å². The quantitative estimate of drug-likeness (QED) is 0.654. The van der Waals surface area contributed by atoms with Crippen molar-refractivity contribution in [1.82, 2.24) is 0 Å². The van der Waals surface area contributed by atoms with Crippen LogP contribution in [0.2, 0.25) is 0 Å². The molecule has 2 rings (SSSR count). The Labute approximate surface area is 74.0 Å². The summed E-state index contributed by atoms with van der Waals surface area (Å²) in [5, 5.41) is 0.827. The highest BCUT2D eigenvalue weighted by molar-refractivity contribution is 5.89. The summed E-state index contributed by atoms with van der Waals surface area (Å²) in [7, 11) is 0. The Bertz CT molecular complexity index is 462. The van der Waals surface area contributed by atoms with E-state index in [0.29, 0.717) is 17.4 Å². The molecule has 0 spiro atoms. The summed E-state index contributed by atoms with van der Waals surface area (Å²) in [6, 6.07) is 6.67. The van der Waals surface area contributed by atoms with Crippen molar-refractivity contribution in [3.05, 3.63) is 35.6 Å². The van der Waals surface area contributed by atoms with Crippen LogP contribution >= 0.6 is 0 Å². The lowest BCUT2D eigenvalue weighted by Crippen LogP contribution is -1.75. The molecule has 0 N–H and O–H groups in total. The summed E-state index contributed by atoms with van der Waals surface area (Å²) < 4.78 is 5.13. The van der Waals surface area contributed by atoms with Crippen molar-refractivity contribution in [2.45, 2.75) is 0 Å². The van der Waals surface area contributed by atoms with Gasteiger partial charge < -0.3 is 4.42 Å². The minimum Gasteiger partial charge on any atom is -0.453 e. The molecule has 0 atom stereocenters. The summed E-state index contributed by atoms with van der Waals surface area (Å²) >= 11 is 0. The minimum atomic E-state index is 0.276. The lowest BCUT2D eigenvalue weighted by Gasteiger charge is -1.88. The van der Waals surface area contributed by atoms with Crippen LogP contribution in [0.4, 0.5) is 0 Å². The number of carbonyl (C=O) groups excluding carboxylic acids is 2. The third-order valence-electron chi connectivity index (χ3n) is 1.82. The predicted octanol–water partition coefficient (Wildman–Crippen LogP) is 2.06. The van der Waals surface area contributed by atoms with E-state index in [9.17, 15) is 9.59 Å². The lowest BCUT2D eigenvalue weighted by atomic mass is 10.2. The van der Waals surface area contributed by atoms with Crippen molar-refractivity contribution in [2.24, 2.45) is 0 Å². The van der Waals surface area contributed by atoms with Gasteiger partial charge in [0.05, 0.1) is 0 Å². The van der Waals surface area contributed by atoms with E-state index in [4.69, 9.17) is 4.42 Å². The smallest absolute Gasteiger partial charge is 0.185 e. The first-order chi connectivity index (χ1) is 6.33. The molecule has 1 heterocycles. The van der Waals surface area contributed by atoms with E-state index in [-0.39, 0.29) is 5.76 Å². The van der Waals surface area contributed by atoms with Crippen LogP contribution in [0.15, 0.2) is 28.7 Å². The van der Waals surface area contributed by atoms with Crippen molar-refractivity contribution < 1.29 is 14.0 Å². The van der Waals surface area contributed by atoms with Crippen LogP contribution in [0.3, 0.4) is 0 Å². The Morgan fingerprint density at radius 2 is 1.92 bits per heavy atom. The Kier molecular flexibility index (Phi) is 1.70. The number of hydrogen-bond donors (Lipinski definition) is 0. The molecule has 0 amide bonds. The van der Waals surface area contributed by atoms with Crippen molar-refractivity contribution in [2.75, 3.05) is 0 Å². The summed E-state index contributed by atoms with van der Waals surface area (Å²) in [4.78, 5) is 20.8. The second-order valence-corrected chi connectivity index (χ2v) is 2.68. The maximum absolute atomic E-state index is 10.4. The molecule has 0 saturated heterocycles. The molecule has 3 heteroatoms. The molecule has 1 aromatic carbocycles. The first-order valence-corrected chi connectivity index (χ1v) is 3.77. The molecule has 3 nitrogen and oxygen atoms in total. The highest BCUT2D eigenvalue weighted by Gasteiger charge is 2.02. The molecule has 0 aliphatic heterocycles. The van der Waals surface area contributed by atoms with Crippen LogP contribution in [-0.2, 0) is 0 Å². The monoisotopic (exact) mass is 174 g/mol. The fourth-order valence-corrected chi connectivity index (χ4v) is 1.20. The second kappa shape index (κ2) is 2.86. The number of carbonyl (C=O) groups is 2. The second-order valence-electron chi connectivity index (χ2n) is 2.68. The van der Waals surface area contributed by atoms with Crippen LogP contribution in [-0.4, -0.2) is 12.6 Å². The SMILES string of the molecule is O=Cc1ccc2cc(C=O)oc2c1. The number of benzene rings is 1. The Balaban J connectivity index is 2.69. The normalized spacial score (nSPS) is 10.2. The molecule has 0 aliphatic rings. The van der Waals surface area contributed by atoms with E-state index < -0.39 is 0 Å². The topological polar surface area (TPSA) is 47.3 Å². The van der Waals surface area contributed by atoms with E-state index in [0.717, 1.165) is 11.7 Å². The van der Waals surface area contributed by atoms with Gasteiger partial charge in [-0.1, -0.05) is 12.1 Å². The van der Waals surface area contributed by atoms with Crippen LogP contribution in [0, 0.1) is 0 Å². The zero-order valence-corrected chi connectivity index (χ0v) is 6.69. The maximum atomic E-state index is 10.4. The van der Waals surface area contributed by atoms with Gasteiger partial charge >= 0.3 is 0 Å². The number of rotatable bonds is 2. The molecular formula is C10H6O3. The summed E-state index contributed by atoms with van der Waals surface area (Å²) in [6.07, 6.45) is 1.38. The average molecular weight is 174 g/mol. The molecule has 0 saturated carbocycles.